The van der Waals surface area contributed by atoms with E-state index in [1.807, 2.05) is 0 Å². The van der Waals surface area contributed by atoms with Crippen molar-refractivity contribution in [2.75, 3.05) is 0 Å². The van der Waals surface area contributed by atoms with Gasteiger partial charge in [-0.05, 0) is 48.0 Å². The molecule has 0 atom stereocenters. The standard InChI is InChI=1S/C18H12ClFN2O3/c19-14-7-5-13(6-8-14)18-21-16(25-22-18)11-24-17(23)9-4-12-2-1-3-15(20)10-12/h1-10H,11H2/b9-4+. The zero-order chi connectivity index (χ0) is 17.6. The Morgan fingerprint density at radius 2 is 2.04 bits per heavy atom. The van der Waals surface area contributed by atoms with Crippen molar-refractivity contribution in [2.24, 2.45) is 0 Å². The van der Waals surface area contributed by atoms with Gasteiger partial charge in [-0.25, -0.2) is 9.18 Å². The monoisotopic (exact) mass is 358 g/mol. The molecule has 0 saturated carbocycles. The van der Waals surface area contributed by atoms with Gasteiger partial charge < -0.3 is 9.26 Å². The first-order valence-electron chi connectivity index (χ1n) is 7.29. The molecule has 0 unspecified atom stereocenters. The summed E-state index contributed by atoms with van der Waals surface area (Å²) in [5, 5.41) is 4.42. The number of rotatable bonds is 5. The Morgan fingerprint density at radius 1 is 1.24 bits per heavy atom. The predicted molar refractivity (Wildman–Crippen MR) is 90.0 cm³/mol. The summed E-state index contributed by atoms with van der Waals surface area (Å²) >= 11 is 5.82. The molecule has 0 aliphatic rings. The average Bonchev–Trinajstić information content (AvgIpc) is 3.08. The largest absolute Gasteiger partial charge is 0.452 e. The lowest BCUT2D eigenvalue weighted by Gasteiger charge is -1.97. The summed E-state index contributed by atoms with van der Waals surface area (Å²) < 4.78 is 23.1. The predicted octanol–water partition coefficient (Wildman–Crippen LogP) is 4.29. The fourth-order valence-electron chi connectivity index (χ4n) is 1.99. The van der Waals surface area contributed by atoms with Gasteiger partial charge in [0.1, 0.15) is 5.82 Å². The van der Waals surface area contributed by atoms with E-state index >= 15 is 0 Å². The van der Waals surface area contributed by atoms with Gasteiger partial charge in [-0.15, -0.1) is 0 Å². The minimum atomic E-state index is -0.601. The minimum Gasteiger partial charge on any atom is -0.452 e. The van der Waals surface area contributed by atoms with E-state index in [9.17, 15) is 9.18 Å². The van der Waals surface area contributed by atoms with Crippen molar-refractivity contribution in [3.05, 3.63) is 76.9 Å². The third kappa shape index (κ3) is 4.74. The lowest BCUT2D eigenvalue weighted by Crippen LogP contribution is -2.01. The fourth-order valence-corrected chi connectivity index (χ4v) is 2.11. The summed E-state index contributed by atoms with van der Waals surface area (Å²) in [5.74, 6) is -0.443. The second-order valence-electron chi connectivity index (χ2n) is 5.01. The molecule has 0 fully saturated rings. The molecule has 3 aromatic rings. The molecule has 5 nitrogen and oxygen atoms in total. The van der Waals surface area contributed by atoms with E-state index in [0.29, 0.717) is 16.4 Å². The quantitative estimate of drug-likeness (QED) is 0.503. The van der Waals surface area contributed by atoms with Crippen LogP contribution in [0.2, 0.25) is 5.02 Å². The number of nitrogens with zero attached hydrogens (tertiary/aromatic N) is 2. The molecule has 0 radical (unpaired) electrons. The number of aromatic nitrogens is 2. The Balaban J connectivity index is 1.56. The molecule has 0 aliphatic carbocycles. The van der Waals surface area contributed by atoms with Crippen molar-refractivity contribution in [3.8, 4) is 11.4 Å². The van der Waals surface area contributed by atoms with Gasteiger partial charge in [0.25, 0.3) is 5.89 Å². The lowest BCUT2D eigenvalue weighted by molar-refractivity contribution is -0.139. The average molecular weight is 359 g/mol. The molecular formula is C18H12ClFN2O3. The summed E-state index contributed by atoms with van der Waals surface area (Å²) in [6, 6.07) is 12.8. The van der Waals surface area contributed by atoms with Crippen molar-refractivity contribution in [3.63, 3.8) is 0 Å². The highest BCUT2D eigenvalue weighted by atomic mass is 35.5. The van der Waals surface area contributed by atoms with Crippen molar-refractivity contribution in [2.45, 2.75) is 6.61 Å². The van der Waals surface area contributed by atoms with E-state index in [1.165, 1.54) is 24.3 Å². The lowest BCUT2D eigenvalue weighted by atomic mass is 10.2. The van der Waals surface area contributed by atoms with Gasteiger partial charge in [-0.3, -0.25) is 0 Å². The van der Waals surface area contributed by atoms with Crippen LogP contribution in [0.4, 0.5) is 4.39 Å². The van der Waals surface area contributed by atoms with Crippen LogP contribution >= 0.6 is 11.6 Å². The number of esters is 1. The van der Waals surface area contributed by atoms with Crippen LogP contribution in [0, 0.1) is 5.82 Å². The van der Waals surface area contributed by atoms with Gasteiger partial charge in [0.15, 0.2) is 6.61 Å². The highest BCUT2D eigenvalue weighted by molar-refractivity contribution is 6.30. The van der Waals surface area contributed by atoms with Gasteiger partial charge in [0.05, 0.1) is 0 Å². The van der Waals surface area contributed by atoms with Gasteiger partial charge in [-0.1, -0.05) is 28.9 Å². The third-order valence-corrected chi connectivity index (χ3v) is 3.42. The van der Waals surface area contributed by atoms with Crippen molar-refractivity contribution < 1.29 is 18.4 Å². The number of ether oxygens (including phenoxy) is 1. The topological polar surface area (TPSA) is 65.2 Å². The minimum absolute atomic E-state index is 0.160. The number of hydrogen-bond acceptors (Lipinski definition) is 5. The van der Waals surface area contributed by atoms with Crippen molar-refractivity contribution in [1.82, 2.24) is 10.1 Å². The van der Waals surface area contributed by atoms with Crippen LogP contribution in [-0.4, -0.2) is 16.1 Å². The van der Waals surface area contributed by atoms with E-state index in [4.69, 9.17) is 20.9 Å². The maximum atomic E-state index is 13.0. The molecule has 0 amide bonds. The zero-order valence-electron chi connectivity index (χ0n) is 12.9. The molecule has 126 valence electrons. The Hall–Kier alpha value is -2.99. The SMILES string of the molecule is O=C(/C=C/c1cccc(F)c1)OCc1nc(-c2ccc(Cl)cc2)no1. The summed E-state index contributed by atoms with van der Waals surface area (Å²) in [4.78, 5) is 15.8. The van der Waals surface area contributed by atoms with Crippen molar-refractivity contribution >= 4 is 23.6 Å². The van der Waals surface area contributed by atoms with Gasteiger partial charge in [0.2, 0.25) is 5.82 Å². The van der Waals surface area contributed by atoms with Crippen LogP contribution < -0.4 is 0 Å². The number of benzene rings is 2. The summed E-state index contributed by atoms with van der Waals surface area (Å²) in [7, 11) is 0. The molecule has 25 heavy (non-hydrogen) atoms. The van der Waals surface area contributed by atoms with E-state index < -0.39 is 5.97 Å². The van der Waals surface area contributed by atoms with Crippen LogP contribution in [0.15, 0.2) is 59.1 Å². The van der Waals surface area contributed by atoms with Gasteiger partial charge >= 0.3 is 5.97 Å². The first kappa shape index (κ1) is 16.9. The highest BCUT2D eigenvalue weighted by Gasteiger charge is 2.10. The maximum Gasteiger partial charge on any atom is 0.331 e. The number of halogens is 2. The van der Waals surface area contributed by atoms with Gasteiger partial charge in [-0.2, -0.15) is 4.98 Å². The van der Waals surface area contributed by atoms with Crippen LogP contribution in [0.25, 0.3) is 17.5 Å². The first-order chi connectivity index (χ1) is 12.1. The number of carbonyl (C=O) groups is 1. The summed E-state index contributed by atoms with van der Waals surface area (Å²) in [6.07, 6.45) is 2.66. The number of carbonyl (C=O) groups excluding carboxylic acids is 1. The Labute approximate surface area is 147 Å². The third-order valence-electron chi connectivity index (χ3n) is 3.17. The molecule has 1 heterocycles. The molecule has 1 aromatic heterocycles. The van der Waals surface area contributed by atoms with Crippen LogP contribution in [0.3, 0.4) is 0 Å². The molecule has 7 heteroatoms. The van der Waals surface area contributed by atoms with E-state index in [1.54, 1.807) is 36.4 Å². The summed E-state index contributed by atoms with van der Waals surface area (Å²) in [6.45, 7) is -0.160. The van der Waals surface area contributed by atoms with Crippen LogP contribution in [0.1, 0.15) is 11.5 Å². The normalized spacial score (nSPS) is 11.0. The molecule has 0 aliphatic heterocycles. The number of hydrogen-bond donors (Lipinski definition) is 0. The first-order valence-corrected chi connectivity index (χ1v) is 7.67. The molecule has 0 spiro atoms. The Bertz CT molecular complexity index is 907. The molecule has 3 rings (SSSR count). The molecule has 2 aromatic carbocycles. The Morgan fingerprint density at radius 3 is 2.80 bits per heavy atom. The maximum absolute atomic E-state index is 13.0. The Kier molecular flexibility index (Phi) is 5.20. The van der Waals surface area contributed by atoms with Crippen LogP contribution in [-0.2, 0) is 16.1 Å². The van der Waals surface area contributed by atoms with E-state index in [-0.39, 0.29) is 18.3 Å². The van der Waals surface area contributed by atoms with E-state index in [0.717, 1.165) is 5.56 Å². The molecule has 0 bridgehead atoms. The second kappa shape index (κ2) is 7.72. The molecule has 0 saturated heterocycles. The zero-order valence-corrected chi connectivity index (χ0v) is 13.6. The smallest absolute Gasteiger partial charge is 0.331 e. The van der Waals surface area contributed by atoms with Crippen molar-refractivity contribution in [1.29, 1.82) is 0 Å². The second-order valence-corrected chi connectivity index (χ2v) is 5.45. The summed E-state index contributed by atoms with van der Waals surface area (Å²) in [5.41, 5.74) is 1.29. The van der Waals surface area contributed by atoms with Gasteiger partial charge in [0, 0.05) is 16.7 Å². The van der Waals surface area contributed by atoms with E-state index in [2.05, 4.69) is 10.1 Å². The highest BCUT2D eigenvalue weighted by Crippen LogP contribution is 2.18. The fraction of sp³-hybridized carbons (Fsp3) is 0.0556. The molecule has 0 N–H and O–H groups in total. The molecular weight excluding hydrogens is 347 g/mol. The van der Waals surface area contributed by atoms with Crippen LogP contribution in [0.5, 0.6) is 0 Å².